The molecule has 0 aliphatic rings. The number of carbonyl (C=O) groups excluding carboxylic acids is 1. The zero-order valence-electron chi connectivity index (χ0n) is 9.79. The number of hydrogen-bond donors (Lipinski definition) is 0. The molecule has 100 valence electrons. The third kappa shape index (κ3) is 3.45. The van der Waals surface area contributed by atoms with E-state index in [0.29, 0.717) is 0 Å². The van der Waals surface area contributed by atoms with Gasteiger partial charge >= 0.3 is 12.1 Å². The minimum Gasteiger partial charge on any atom is -0.447 e. The van der Waals surface area contributed by atoms with Gasteiger partial charge in [0.15, 0.2) is 0 Å². The van der Waals surface area contributed by atoms with Crippen LogP contribution in [0.3, 0.4) is 0 Å². The summed E-state index contributed by atoms with van der Waals surface area (Å²) in [6, 6.07) is 4.34. The fourth-order valence-corrected chi connectivity index (χ4v) is 1.25. The molecule has 18 heavy (non-hydrogen) atoms. The number of alkyl halides is 3. The highest BCUT2D eigenvalue weighted by Crippen LogP contribution is 2.37. The van der Waals surface area contributed by atoms with Crippen LogP contribution < -0.4 is 0 Å². The summed E-state index contributed by atoms with van der Waals surface area (Å²) in [5.74, 6) is -2.81. The molecule has 1 rings (SSSR count). The second kappa shape index (κ2) is 5.37. The van der Waals surface area contributed by atoms with Crippen molar-refractivity contribution in [2.75, 3.05) is 0 Å². The van der Waals surface area contributed by atoms with Crippen LogP contribution in [-0.2, 0) is 9.53 Å². The molecule has 0 fully saturated rings. The Labute approximate surface area is 102 Å². The fraction of sp³-hybridized carbons (Fsp3) is 0.417. The Morgan fingerprint density at radius 3 is 2.22 bits per heavy atom. The zero-order valence-corrected chi connectivity index (χ0v) is 9.79. The van der Waals surface area contributed by atoms with Gasteiger partial charge in [-0.3, -0.25) is 4.79 Å². The Morgan fingerprint density at radius 1 is 1.22 bits per heavy atom. The Bertz CT molecular complexity index is 426. The Balaban J connectivity index is 3.08. The third-order valence-corrected chi connectivity index (χ3v) is 2.19. The van der Waals surface area contributed by atoms with Gasteiger partial charge in [-0.05, 0) is 6.07 Å². The lowest BCUT2D eigenvalue weighted by Crippen LogP contribution is -2.28. The molecule has 0 bridgehead atoms. The number of esters is 1. The first kappa shape index (κ1) is 14.5. The van der Waals surface area contributed by atoms with Gasteiger partial charge < -0.3 is 4.74 Å². The summed E-state index contributed by atoms with van der Waals surface area (Å²) in [5.41, 5.74) is -0.695. The summed E-state index contributed by atoms with van der Waals surface area (Å²) < 4.78 is 56.0. The molecule has 0 saturated carbocycles. The van der Waals surface area contributed by atoms with Crippen molar-refractivity contribution < 1.29 is 27.1 Å². The molecule has 0 aliphatic carbocycles. The van der Waals surface area contributed by atoms with Crippen molar-refractivity contribution in [3.8, 4) is 0 Å². The molecule has 2 nitrogen and oxygen atoms in total. The van der Waals surface area contributed by atoms with Crippen LogP contribution in [0.25, 0.3) is 0 Å². The van der Waals surface area contributed by atoms with Crippen molar-refractivity contribution in [3.63, 3.8) is 0 Å². The smallest absolute Gasteiger partial charge is 0.429 e. The molecule has 0 N–H and O–H groups in total. The monoisotopic (exact) mass is 264 g/mol. The maximum absolute atomic E-state index is 13.3. The van der Waals surface area contributed by atoms with Crippen molar-refractivity contribution in [2.24, 2.45) is 5.92 Å². The number of rotatable bonds is 3. The Kier molecular flexibility index (Phi) is 4.32. The van der Waals surface area contributed by atoms with Crippen molar-refractivity contribution in [3.05, 3.63) is 35.6 Å². The molecule has 0 radical (unpaired) electrons. The topological polar surface area (TPSA) is 26.3 Å². The summed E-state index contributed by atoms with van der Waals surface area (Å²) in [7, 11) is 0. The highest BCUT2D eigenvalue weighted by molar-refractivity contribution is 5.71. The van der Waals surface area contributed by atoms with Crippen molar-refractivity contribution in [1.82, 2.24) is 0 Å². The van der Waals surface area contributed by atoms with Crippen LogP contribution in [0.15, 0.2) is 24.3 Å². The second-order valence-electron chi connectivity index (χ2n) is 4.03. The molecule has 0 saturated heterocycles. The summed E-state index contributed by atoms with van der Waals surface area (Å²) in [5, 5.41) is 0. The van der Waals surface area contributed by atoms with Gasteiger partial charge in [-0.25, -0.2) is 4.39 Å². The average Bonchev–Trinajstić information content (AvgIpc) is 2.25. The molecule has 0 amide bonds. The van der Waals surface area contributed by atoms with Crippen LogP contribution in [0, 0.1) is 11.7 Å². The molecular formula is C12H12F4O2. The van der Waals surface area contributed by atoms with Crippen molar-refractivity contribution >= 4 is 5.97 Å². The minimum absolute atomic E-state index is 0.695. The van der Waals surface area contributed by atoms with Crippen LogP contribution in [-0.4, -0.2) is 12.1 Å². The van der Waals surface area contributed by atoms with Crippen LogP contribution in [0.2, 0.25) is 0 Å². The van der Waals surface area contributed by atoms with Crippen molar-refractivity contribution in [2.45, 2.75) is 26.1 Å². The van der Waals surface area contributed by atoms with Gasteiger partial charge in [0.1, 0.15) is 5.82 Å². The normalized spacial score (nSPS) is 13.5. The van der Waals surface area contributed by atoms with E-state index < -0.39 is 35.5 Å². The zero-order chi connectivity index (χ0) is 13.9. The molecule has 1 aromatic carbocycles. The molecule has 1 atom stereocenters. The lowest BCUT2D eigenvalue weighted by atomic mass is 10.1. The summed E-state index contributed by atoms with van der Waals surface area (Å²) in [6.07, 6.45) is -7.43. The van der Waals surface area contributed by atoms with E-state index in [9.17, 15) is 22.4 Å². The van der Waals surface area contributed by atoms with Crippen LogP contribution >= 0.6 is 0 Å². The standard InChI is InChI=1S/C12H12F4O2/c1-7(2)11(17)18-10(12(14,15)16)8-5-3-4-6-9(8)13/h3-7,10H,1-2H3. The molecule has 1 unspecified atom stereocenters. The van der Waals surface area contributed by atoms with Crippen LogP contribution in [0.4, 0.5) is 17.6 Å². The highest BCUT2D eigenvalue weighted by atomic mass is 19.4. The first-order chi connectivity index (χ1) is 8.23. The van der Waals surface area contributed by atoms with Gasteiger partial charge in [0.2, 0.25) is 6.10 Å². The predicted molar refractivity (Wildman–Crippen MR) is 56.1 cm³/mol. The van der Waals surface area contributed by atoms with E-state index in [1.165, 1.54) is 26.0 Å². The van der Waals surface area contributed by atoms with Gasteiger partial charge in [0.05, 0.1) is 5.92 Å². The summed E-state index contributed by atoms with van der Waals surface area (Å²) >= 11 is 0. The van der Waals surface area contributed by atoms with E-state index in [1.54, 1.807) is 0 Å². The molecule has 6 heteroatoms. The molecule has 0 aromatic heterocycles. The maximum atomic E-state index is 13.3. The lowest BCUT2D eigenvalue weighted by Gasteiger charge is -2.22. The van der Waals surface area contributed by atoms with Gasteiger partial charge in [0, 0.05) is 5.56 Å². The average molecular weight is 264 g/mol. The SMILES string of the molecule is CC(C)C(=O)OC(c1ccccc1F)C(F)(F)F. The van der Waals surface area contributed by atoms with Crippen molar-refractivity contribution in [1.29, 1.82) is 0 Å². The van der Waals surface area contributed by atoms with Gasteiger partial charge in [0.25, 0.3) is 0 Å². The van der Waals surface area contributed by atoms with Crippen LogP contribution in [0.5, 0.6) is 0 Å². The molecule has 0 spiro atoms. The third-order valence-electron chi connectivity index (χ3n) is 2.19. The lowest BCUT2D eigenvalue weighted by molar-refractivity contribution is -0.226. The van der Waals surface area contributed by atoms with Gasteiger partial charge in [-0.2, -0.15) is 13.2 Å². The number of carbonyl (C=O) groups is 1. The maximum Gasteiger partial charge on any atom is 0.429 e. The van der Waals surface area contributed by atoms with E-state index in [2.05, 4.69) is 4.74 Å². The summed E-state index contributed by atoms with van der Waals surface area (Å²) in [6.45, 7) is 2.80. The first-order valence-corrected chi connectivity index (χ1v) is 5.25. The van der Waals surface area contributed by atoms with E-state index in [4.69, 9.17) is 0 Å². The Morgan fingerprint density at radius 2 is 1.78 bits per heavy atom. The highest BCUT2D eigenvalue weighted by Gasteiger charge is 2.45. The number of hydrogen-bond acceptors (Lipinski definition) is 2. The van der Waals surface area contributed by atoms with Gasteiger partial charge in [-0.15, -0.1) is 0 Å². The van der Waals surface area contributed by atoms with E-state index in [1.807, 2.05) is 0 Å². The molecule has 1 aromatic rings. The molecule has 0 heterocycles. The largest absolute Gasteiger partial charge is 0.447 e. The Hall–Kier alpha value is -1.59. The van der Waals surface area contributed by atoms with E-state index >= 15 is 0 Å². The first-order valence-electron chi connectivity index (χ1n) is 5.25. The van der Waals surface area contributed by atoms with Crippen LogP contribution in [0.1, 0.15) is 25.5 Å². The fourth-order valence-electron chi connectivity index (χ4n) is 1.25. The van der Waals surface area contributed by atoms with Gasteiger partial charge in [-0.1, -0.05) is 32.0 Å². The number of halogens is 4. The molecule has 0 aliphatic heterocycles. The predicted octanol–water partition coefficient (Wildman–Crippen LogP) is 3.63. The number of ether oxygens (including phenoxy) is 1. The van der Waals surface area contributed by atoms with E-state index in [-0.39, 0.29) is 0 Å². The van der Waals surface area contributed by atoms with E-state index in [0.717, 1.165) is 12.1 Å². The minimum atomic E-state index is -4.85. The number of benzene rings is 1. The molecular weight excluding hydrogens is 252 g/mol. The second-order valence-corrected chi connectivity index (χ2v) is 4.03. The quantitative estimate of drug-likeness (QED) is 0.615. The summed E-state index contributed by atoms with van der Waals surface area (Å²) in [4.78, 5) is 11.2.